The lowest BCUT2D eigenvalue weighted by Gasteiger charge is -2.24. The Labute approximate surface area is 105 Å². The van der Waals surface area contributed by atoms with Gasteiger partial charge in [0.15, 0.2) is 0 Å². The Morgan fingerprint density at radius 1 is 1.28 bits per heavy atom. The third-order valence-electron chi connectivity index (χ3n) is 2.94. The molecule has 1 aromatic carbocycles. The zero-order valence-corrected chi connectivity index (χ0v) is 9.84. The lowest BCUT2D eigenvalue weighted by molar-refractivity contribution is -0.117. The molecule has 2 aliphatic rings. The fourth-order valence-corrected chi connectivity index (χ4v) is 2.03. The van der Waals surface area contributed by atoms with Gasteiger partial charge in [-0.25, -0.2) is 0 Å². The first-order valence-corrected chi connectivity index (χ1v) is 5.86. The van der Waals surface area contributed by atoms with E-state index in [-0.39, 0.29) is 5.91 Å². The fraction of sp³-hybridized carbons (Fsp3) is 0.143. The maximum atomic E-state index is 11.7. The summed E-state index contributed by atoms with van der Waals surface area (Å²) in [5.41, 5.74) is 2.61. The zero-order valence-electron chi connectivity index (χ0n) is 9.84. The quantitative estimate of drug-likeness (QED) is 0.848. The molecule has 0 bridgehead atoms. The van der Waals surface area contributed by atoms with Crippen LogP contribution >= 0.6 is 0 Å². The number of aliphatic imine (C=N–C) groups is 1. The Morgan fingerprint density at radius 3 is 2.94 bits per heavy atom. The Kier molecular flexibility index (Phi) is 2.68. The SMILES string of the molecule is O=C1NCN=C2C=CN(Cc3ccccc3)C=C12. The van der Waals surface area contributed by atoms with Gasteiger partial charge in [-0.2, -0.15) is 0 Å². The second-order valence-electron chi connectivity index (χ2n) is 4.22. The molecule has 0 saturated carbocycles. The topological polar surface area (TPSA) is 44.7 Å². The highest BCUT2D eigenvalue weighted by Gasteiger charge is 2.21. The van der Waals surface area contributed by atoms with Crippen molar-refractivity contribution in [3.05, 3.63) is 59.9 Å². The monoisotopic (exact) mass is 239 g/mol. The van der Waals surface area contributed by atoms with Crippen molar-refractivity contribution < 1.29 is 4.79 Å². The highest BCUT2D eigenvalue weighted by atomic mass is 16.1. The van der Waals surface area contributed by atoms with Crippen molar-refractivity contribution in [2.45, 2.75) is 6.54 Å². The summed E-state index contributed by atoms with van der Waals surface area (Å²) in [6.45, 7) is 1.12. The number of carbonyl (C=O) groups excluding carboxylic acids is 1. The summed E-state index contributed by atoms with van der Waals surface area (Å²) < 4.78 is 0. The number of nitrogens with one attached hydrogen (secondary N) is 1. The molecule has 90 valence electrons. The number of hydrogen-bond donors (Lipinski definition) is 1. The maximum Gasteiger partial charge on any atom is 0.256 e. The minimum absolute atomic E-state index is 0.0533. The van der Waals surface area contributed by atoms with E-state index >= 15 is 0 Å². The molecule has 0 aromatic heterocycles. The molecular weight excluding hydrogens is 226 g/mol. The lowest BCUT2D eigenvalue weighted by atomic mass is 10.1. The second-order valence-corrected chi connectivity index (χ2v) is 4.22. The summed E-state index contributed by atoms with van der Waals surface area (Å²) in [4.78, 5) is 17.9. The molecule has 0 unspecified atom stereocenters. The van der Waals surface area contributed by atoms with Gasteiger partial charge in [0, 0.05) is 18.9 Å². The zero-order chi connectivity index (χ0) is 12.4. The Hall–Kier alpha value is -2.36. The fourth-order valence-electron chi connectivity index (χ4n) is 2.03. The van der Waals surface area contributed by atoms with Gasteiger partial charge in [0.05, 0.1) is 11.3 Å². The van der Waals surface area contributed by atoms with E-state index in [4.69, 9.17) is 0 Å². The van der Waals surface area contributed by atoms with Gasteiger partial charge in [-0.3, -0.25) is 9.79 Å². The van der Waals surface area contributed by atoms with Gasteiger partial charge in [-0.05, 0) is 11.6 Å². The molecule has 4 heteroatoms. The van der Waals surface area contributed by atoms with E-state index in [1.807, 2.05) is 41.6 Å². The molecule has 2 aliphatic heterocycles. The minimum atomic E-state index is -0.0533. The van der Waals surface area contributed by atoms with Gasteiger partial charge >= 0.3 is 0 Å². The Morgan fingerprint density at radius 2 is 2.11 bits per heavy atom. The molecule has 2 heterocycles. The normalized spacial score (nSPS) is 17.8. The van der Waals surface area contributed by atoms with Crippen molar-refractivity contribution >= 4 is 11.6 Å². The van der Waals surface area contributed by atoms with Gasteiger partial charge in [0.25, 0.3) is 5.91 Å². The summed E-state index contributed by atoms with van der Waals surface area (Å²) in [5.74, 6) is -0.0533. The summed E-state index contributed by atoms with van der Waals surface area (Å²) in [6.07, 6.45) is 5.69. The molecule has 3 rings (SSSR count). The van der Waals surface area contributed by atoms with Crippen LogP contribution in [0.15, 0.2) is 59.4 Å². The highest BCUT2D eigenvalue weighted by molar-refractivity contribution is 6.27. The summed E-state index contributed by atoms with van der Waals surface area (Å²) >= 11 is 0. The number of amides is 1. The molecule has 18 heavy (non-hydrogen) atoms. The molecule has 0 aliphatic carbocycles. The van der Waals surface area contributed by atoms with Gasteiger partial charge in [-0.1, -0.05) is 30.3 Å². The van der Waals surface area contributed by atoms with E-state index in [0.717, 1.165) is 12.3 Å². The first kappa shape index (κ1) is 10.8. The van der Waals surface area contributed by atoms with Crippen LogP contribution in [0.1, 0.15) is 5.56 Å². The molecular formula is C14H13N3O. The van der Waals surface area contributed by atoms with Gasteiger partial charge in [-0.15, -0.1) is 0 Å². The Balaban J connectivity index is 1.82. The van der Waals surface area contributed by atoms with Crippen molar-refractivity contribution in [1.29, 1.82) is 0 Å². The third kappa shape index (κ3) is 2.05. The number of allylic oxidation sites excluding steroid dienone is 1. The molecule has 4 nitrogen and oxygen atoms in total. The number of nitrogens with zero attached hydrogens (tertiary/aromatic N) is 2. The van der Waals surface area contributed by atoms with Crippen LogP contribution in [-0.4, -0.2) is 23.2 Å². The van der Waals surface area contributed by atoms with Crippen LogP contribution in [0.5, 0.6) is 0 Å². The average molecular weight is 239 g/mol. The summed E-state index contributed by atoms with van der Waals surface area (Å²) in [7, 11) is 0. The minimum Gasteiger partial charge on any atom is -0.349 e. The molecule has 0 fully saturated rings. The van der Waals surface area contributed by atoms with Crippen molar-refractivity contribution in [3.63, 3.8) is 0 Å². The molecule has 1 aromatic rings. The number of fused-ring (bicyclic) bond motifs is 1. The molecule has 0 radical (unpaired) electrons. The van der Waals surface area contributed by atoms with Crippen molar-refractivity contribution in [2.24, 2.45) is 4.99 Å². The van der Waals surface area contributed by atoms with Crippen LogP contribution in [0, 0.1) is 0 Å². The van der Waals surface area contributed by atoms with E-state index < -0.39 is 0 Å². The predicted octanol–water partition coefficient (Wildman–Crippen LogP) is 1.43. The lowest BCUT2D eigenvalue weighted by Crippen LogP contribution is -2.35. The number of hydrogen-bond acceptors (Lipinski definition) is 3. The number of carbonyl (C=O) groups is 1. The van der Waals surface area contributed by atoms with Crippen molar-refractivity contribution in [2.75, 3.05) is 6.67 Å². The molecule has 0 spiro atoms. The number of rotatable bonds is 2. The van der Waals surface area contributed by atoms with Gasteiger partial charge < -0.3 is 10.2 Å². The molecule has 0 saturated heterocycles. The summed E-state index contributed by atoms with van der Waals surface area (Å²) in [6, 6.07) is 10.1. The van der Waals surface area contributed by atoms with E-state index in [1.165, 1.54) is 5.56 Å². The highest BCUT2D eigenvalue weighted by Crippen LogP contribution is 2.15. The second kappa shape index (κ2) is 4.49. The Bertz CT molecular complexity index is 558. The smallest absolute Gasteiger partial charge is 0.256 e. The first-order chi connectivity index (χ1) is 8.83. The van der Waals surface area contributed by atoms with Crippen molar-refractivity contribution in [1.82, 2.24) is 10.2 Å². The summed E-state index contributed by atoms with van der Waals surface area (Å²) in [5, 5.41) is 2.71. The van der Waals surface area contributed by atoms with Crippen LogP contribution in [0.4, 0.5) is 0 Å². The molecule has 1 N–H and O–H groups in total. The first-order valence-electron chi connectivity index (χ1n) is 5.86. The standard InChI is InChI=1S/C14H13N3O/c18-14-12-9-17(7-6-13(12)15-10-16-14)8-11-4-2-1-3-5-11/h1-7,9H,8,10H2,(H,16,18). The van der Waals surface area contributed by atoms with E-state index in [2.05, 4.69) is 22.4 Å². The van der Waals surface area contributed by atoms with Crippen LogP contribution in [0.2, 0.25) is 0 Å². The van der Waals surface area contributed by atoms with Crippen molar-refractivity contribution in [3.8, 4) is 0 Å². The molecule has 0 atom stereocenters. The van der Waals surface area contributed by atoms with Crippen LogP contribution in [0.25, 0.3) is 0 Å². The van der Waals surface area contributed by atoms with Gasteiger partial charge in [0.2, 0.25) is 0 Å². The van der Waals surface area contributed by atoms with Crippen LogP contribution < -0.4 is 5.32 Å². The average Bonchev–Trinajstić information content (AvgIpc) is 2.41. The van der Waals surface area contributed by atoms with Crippen LogP contribution in [0.3, 0.4) is 0 Å². The van der Waals surface area contributed by atoms with E-state index in [1.54, 1.807) is 0 Å². The van der Waals surface area contributed by atoms with Crippen LogP contribution in [-0.2, 0) is 11.3 Å². The van der Waals surface area contributed by atoms with E-state index in [9.17, 15) is 4.79 Å². The molecule has 1 amide bonds. The van der Waals surface area contributed by atoms with Gasteiger partial charge in [0.1, 0.15) is 6.67 Å². The van der Waals surface area contributed by atoms with E-state index in [0.29, 0.717) is 12.2 Å². The largest absolute Gasteiger partial charge is 0.349 e. The number of benzene rings is 1. The maximum absolute atomic E-state index is 11.7. The third-order valence-corrected chi connectivity index (χ3v) is 2.94. The predicted molar refractivity (Wildman–Crippen MR) is 69.7 cm³/mol.